The summed E-state index contributed by atoms with van der Waals surface area (Å²) < 4.78 is 2.42. The first-order chi connectivity index (χ1) is 14.8. The average molecular weight is 422 g/mol. The summed E-state index contributed by atoms with van der Waals surface area (Å²) in [6.07, 6.45) is 0. The fourth-order valence-electron chi connectivity index (χ4n) is 4.18. The van der Waals surface area contributed by atoms with Crippen LogP contribution in [0.2, 0.25) is 0 Å². The van der Waals surface area contributed by atoms with Crippen molar-refractivity contribution < 1.29 is 0 Å². The number of rotatable bonds is 3. The van der Waals surface area contributed by atoms with Gasteiger partial charge in [0.15, 0.2) is 0 Å². The van der Waals surface area contributed by atoms with E-state index in [0.717, 1.165) is 0 Å². The van der Waals surface area contributed by atoms with Gasteiger partial charge in [0.05, 0.1) is 11.0 Å². The van der Waals surface area contributed by atoms with Crippen molar-refractivity contribution in [2.45, 2.75) is 6.92 Å². The van der Waals surface area contributed by atoms with Crippen molar-refractivity contribution in [3.8, 4) is 26.6 Å². The number of hydrogen-bond acceptors (Lipinski definition) is 2. The zero-order valence-corrected chi connectivity index (χ0v) is 18.1. The molecule has 30 heavy (non-hydrogen) atoms. The normalized spacial score (nSPS) is 11.5. The van der Waals surface area contributed by atoms with Crippen LogP contribution in [-0.2, 0) is 0 Å². The summed E-state index contributed by atoms with van der Waals surface area (Å²) in [5.41, 5.74) is 7.52. The standard InChI is InChI=1S/C27H19NS2/c1-18-6-10-21(11-7-18)28-24-16-19(26-4-2-14-29-26)8-12-22(24)23-13-9-20(17-25(23)28)27-5-3-15-30-27/h2-17H,1H3. The van der Waals surface area contributed by atoms with E-state index in [1.54, 1.807) is 22.7 Å². The molecule has 0 unspecified atom stereocenters. The lowest BCUT2D eigenvalue weighted by molar-refractivity contribution is 1.18. The molecular weight excluding hydrogens is 402 g/mol. The number of nitrogens with zero attached hydrogens (tertiary/aromatic N) is 1. The minimum absolute atomic E-state index is 1.20. The molecule has 0 N–H and O–H groups in total. The monoisotopic (exact) mass is 421 g/mol. The van der Waals surface area contributed by atoms with Crippen LogP contribution in [0.15, 0.2) is 95.7 Å². The number of aryl methyl sites for hydroxylation is 1. The van der Waals surface area contributed by atoms with E-state index in [-0.39, 0.29) is 0 Å². The molecule has 6 aromatic rings. The highest BCUT2D eigenvalue weighted by Crippen LogP contribution is 2.38. The molecule has 0 bridgehead atoms. The van der Waals surface area contributed by atoms with Crippen LogP contribution < -0.4 is 0 Å². The lowest BCUT2D eigenvalue weighted by Crippen LogP contribution is -1.94. The molecule has 0 amide bonds. The Morgan fingerprint density at radius 2 is 1.13 bits per heavy atom. The first-order valence-electron chi connectivity index (χ1n) is 10.0. The minimum Gasteiger partial charge on any atom is -0.309 e. The lowest BCUT2D eigenvalue weighted by Gasteiger charge is -2.09. The molecule has 0 radical (unpaired) electrons. The van der Waals surface area contributed by atoms with Crippen molar-refractivity contribution in [1.82, 2.24) is 4.57 Å². The van der Waals surface area contributed by atoms with E-state index in [4.69, 9.17) is 0 Å². The maximum absolute atomic E-state index is 2.42. The molecule has 0 fully saturated rings. The second-order valence-electron chi connectivity index (χ2n) is 7.59. The summed E-state index contributed by atoms with van der Waals surface area (Å²) in [6.45, 7) is 2.14. The first kappa shape index (κ1) is 17.7. The van der Waals surface area contributed by atoms with Crippen LogP contribution in [0.25, 0.3) is 48.4 Å². The van der Waals surface area contributed by atoms with Crippen molar-refractivity contribution in [1.29, 1.82) is 0 Å². The Bertz CT molecular complexity index is 1380. The second kappa shape index (κ2) is 6.98. The second-order valence-corrected chi connectivity index (χ2v) is 9.48. The maximum Gasteiger partial charge on any atom is 0.0547 e. The Morgan fingerprint density at radius 3 is 1.60 bits per heavy atom. The van der Waals surface area contributed by atoms with Crippen LogP contribution in [0.4, 0.5) is 0 Å². The van der Waals surface area contributed by atoms with Crippen LogP contribution in [0.1, 0.15) is 5.56 Å². The lowest BCUT2D eigenvalue weighted by atomic mass is 10.1. The average Bonchev–Trinajstić information content (AvgIpc) is 3.53. The third-order valence-corrected chi connectivity index (χ3v) is 7.51. The third-order valence-electron chi connectivity index (χ3n) is 5.67. The van der Waals surface area contributed by atoms with E-state index in [1.165, 1.54) is 53.9 Å². The molecular formula is C27H19NS2. The van der Waals surface area contributed by atoms with Gasteiger partial charge < -0.3 is 4.57 Å². The predicted octanol–water partition coefficient (Wildman–Crippen LogP) is 8.55. The van der Waals surface area contributed by atoms with E-state index in [2.05, 4.69) is 107 Å². The van der Waals surface area contributed by atoms with Crippen LogP contribution in [0.3, 0.4) is 0 Å². The topological polar surface area (TPSA) is 4.93 Å². The summed E-state index contributed by atoms with van der Waals surface area (Å²) in [5, 5.41) is 6.87. The predicted molar refractivity (Wildman–Crippen MR) is 132 cm³/mol. The number of benzene rings is 3. The first-order valence-corrected chi connectivity index (χ1v) is 11.8. The Kier molecular flexibility index (Phi) is 4.12. The van der Waals surface area contributed by atoms with Gasteiger partial charge >= 0.3 is 0 Å². The van der Waals surface area contributed by atoms with Gasteiger partial charge in [-0.2, -0.15) is 0 Å². The fourth-order valence-corrected chi connectivity index (χ4v) is 5.63. The van der Waals surface area contributed by atoms with Crippen molar-refractivity contribution in [3.05, 3.63) is 101 Å². The largest absolute Gasteiger partial charge is 0.309 e. The molecule has 3 aromatic carbocycles. The van der Waals surface area contributed by atoms with Gasteiger partial charge in [0.2, 0.25) is 0 Å². The zero-order chi connectivity index (χ0) is 20.1. The number of fused-ring (bicyclic) bond motifs is 3. The van der Waals surface area contributed by atoms with Crippen LogP contribution in [0, 0.1) is 6.92 Å². The highest BCUT2D eigenvalue weighted by atomic mass is 32.1. The van der Waals surface area contributed by atoms with Gasteiger partial charge in [0.25, 0.3) is 0 Å². The Hall–Kier alpha value is -3.14. The molecule has 0 aliphatic heterocycles. The Morgan fingerprint density at radius 1 is 0.600 bits per heavy atom. The van der Waals surface area contributed by atoms with E-state index < -0.39 is 0 Å². The van der Waals surface area contributed by atoms with E-state index in [9.17, 15) is 0 Å². The highest BCUT2D eigenvalue weighted by Gasteiger charge is 2.15. The maximum atomic E-state index is 2.42. The summed E-state index contributed by atoms with van der Waals surface area (Å²) in [7, 11) is 0. The molecule has 144 valence electrons. The molecule has 0 saturated heterocycles. The zero-order valence-electron chi connectivity index (χ0n) is 16.5. The molecule has 6 rings (SSSR count). The Balaban J connectivity index is 1.70. The van der Waals surface area contributed by atoms with Gasteiger partial charge in [-0.25, -0.2) is 0 Å². The molecule has 0 aliphatic rings. The number of aromatic nitrogens is 1. The van der Waals surface area contributed by atoms with Crippen molar-refractivity contribution in [2.24, 2.45) is 0 Å². The molecule has 0 saturated carbocycles. The molecule has 0 aliphatic carbocycles. The fraction of sp³-hybridized carbons (Fsp3) is 0.0370. The highest BCUT2D eigenvalue weighted by molar-refractivity contribution is 7.13. The van der Waals surface area contributed by atoms with Gasteiger partial charge in [-0.15, -0.1) is 22.7 Å². The molecule has 0 atom stereocenters. The molecule has 3 aromatic heterocycles. The van der Waals surface area contributed by atoms with Crippen molar-refractivity contribution in [2.75, 3.05) is 0 Å². The summed E-state index contributed by atoms with van der Waals surface area (Å²) in [6, 6.07) is 31.2. The van der Waals surface area contributed by atoms with Crippen LogP contribution in [-0.4, -0.2) is 4.57 Å². The Labute approximate surface area is 183 Å². The summed E-state index contributed by atoms with van der Waals surface area (Å²) in [4.78, 5) is 2.61. The van der Waals surface area contributed by atoms with Gasteiger partial charge in [0, 0.05) is 26.2 Å². The summed E-state index contributed by atoms with van der Waals surface area (Å²) in [5.74, 6) is 0. The number of hydrogen-bond donors (Lipinski definition) is 0. The third kappa shape index (κ3) is 2.82. The molecule has 0 spiro atoms. The van der Waals surface area contributed by atoms with Gasteiger partial charge in [-0.1, -0.05) is 54.1 Å². The van der Waals surface area contributed by atoms with E-state index >= 15 is 0 Å². The summed E-state index contributed by atoms with van der Waals surface area (Å²) >= 11 is 3.58. The van der Waals surface area contributed by atoms with E-state index in [1.807, 2.05) is 0 Å². The van der Waals surface area contributed by atoms with Gasteiger partial charge in [-0.05, 0) is 65.2 Å². The van der Waals surface area contributed by atoms with Gasteiger partial charge in [0.1, 0.15) is 0 Å². The van der Waals surface area contributed by atoms with Crippen LogP contribution in [0.5, 0.6) is 0 Å². The SMILES string of the molecule is Cc1ccc(-n2c3cc(-c4cccs4)ccc3c3ccc(-c4cccs4)cc32)cc1. The quantitative estimate of drug-likeness (QED) is 0.270. The number of thiophene rings is 2. The van der Waals surface area contributed by atoms with Crippen LogP contribution >= 0.6 is 22.7 Å². The molecule has 3 heteroatoms. The van der Waals surface area contributed by atoms with Crippen molar-refractivity contribution in [3.63, 3.8) is 0 Å². The molecule has 1 nitrogen and oxygen atoms in total. The smallest absolute Gasteiger partial charge is 0.0547 e. The molecule has 3 heterocycles. The van der Waals surface area contributed by atoms with E-state index in [0.29, 0.717) is 0 Å². The minimum atomic E-state index is 1.20. The van der Waals surface area contributed by atoms with Gasteiger partial charge in [-0.3, -0.25) is 0 Å². The van der Waals surface area contributed by atoms with Crippen molar-refractivity contribution >= 4 is 44.5 Å².